The van der Waals surface area contributed by atoms with E-state index in [2.05, 4.69) is 20.2 Å². The summed E-state index contributed by atoms with van der Waals surface area (Å²) >= 11 is 0. The van der Waals surface area contributed by atoms with Crippen molar-refractivity contribution in [2.45, 2.75) is 0 Å². The van der Waals surface area contributed by atoms with Crippen LogP contribution in [-0.4, -0.2) is 20.2 Å². The van der Waals surface area contributed by atoms with Gasteiger partial charge in [0, 0.05) is 6.20 Å². The molecule has 1 aromatic carbocycles. The zero-order chi connectivity index (χ0) is 12.9. The first-order valence-corrected chi connectivity index (χ1v) is 5.99. The Bertz CT molecular complexity index is 672. The van der Waals surface area contributed by atoms with Crippen LogP contribution in [0.1, 0.15) is 11.4 Å². The van der Waals surface area contributed by atoms with Crippen LogP contribution in [0.4, 0.5) is 0 Å². The molecule has 0 atom stereocenters. The fourth-order valence-electron chi connectivity index (χ4n) is 1.70. The Labute approximate surface area is 110 Å². The molecule has 4 heteroatoms. The van der Waals surface area contributed by atoms with Crippen LogP contribution < -0.4 is 0 Å². The first-order valence-electron chi connectivity index (χ1n) is 5.99. The van der Waals surface area contributed by atoms with Gasteiger partial charge in [0.05, 0.1) is 0 Å². The van der Waals surface area contributed by atoms with E-state index in [-0.39, 0.29) is 0 Å². The maximum absolute atomic E-state index is 4.38. The van der Waals surface area contributed by atoms with Gasteiger partial charge >= 0.3 is 0 Å². The van der Waals surface area contributed by atoms with E-state index in [0.29, 0.717) is 11.6 Å². The molecule has 0 aliphatic heterocycles. The van der Waals surface area contributed by atoms with E-state index in [4.69, 9.17) is 0 Å². The van der Waals surface area contributed by atoms with E-state index < -0.39 is 0 Å². The highest BCUT2D eigenvalue weighted by Gasteiger charge is 2.03. The Morgan fingerprint density at radius 2 is 1.74 bits per heavy atom. The molecule has 0 bridgehead atoms. The van der Waals surface area contributed by atoms with Crippen LogP contribution in [0, 0.1) is 0 Å². The third-order valence-corrected chi connectivity index (χ3v) is 2.63. The standard InChI is InChI=1S/C15H12N4/c1-2-6-12(7-3-1)9-10-14-17-15(19-18-14)13-8-4-5-11-16-13/h1-11H,(H,17,18,19). The second kappa shape index (κ2) is 5.27. The van der Waals surface area contributed by atoms with Crippen LogP contribution in [0.3, 0.4) is 0 Å². The number of hydrogen-bond donors (Lipinski definition) is 1. The van der Waals surface area contributed by atoms with Crippen molar-refractivity contribution < 1.29 is 0 Å². The topological polar surface area (TPSA) is 54.5 Å². The number of hydrogen-bond acceptors (Lipinski definition) is 3. The molecule has 1 N–H and O–H groups in total. The fraction of sp³-hybridized carbons (Fsp3) is 0. The Morgan fingerprint density at radius 1 is 0.895 bits per heavy atom. The summed E-state index contributed by atoms with van der Waals surface area (Å²) in [6.45, 7) is 0. The number of aromatic amines is 1. The van der Waals surface area contributed by atoms with Gasteiger partial charge in [0.25, 0.3) is 0 Å². The first-order chi connectivity index (χ1) is 9.42. The number of benzene rings is 1. The predicted octanol–water partition coefficient (Wildman–Crippen LogP) is 3.04. The molecule has 0 unspecified atom stereocenters. The molecule has 3 rings (SSSR count). The van der Waals surface area contributed by atoms with Gasteiger partial charge in [0.2, 0.25) is 0 Å². The van der Waals surface area contributed by atoms with Gasteiger partial charge in [-0.25, -0.2) is 4.98 Å². The summed E-state index contributed by atoms with van der Waals surface area (Å²) in [5.74, 6) is 1.32. The summed E-state index contributed by atoms with van der Waals surface area (Å²) in [6, 6.07) is 15.7. The van der Waals surface area contributed by atoms with E-state index in [1.165, 1.54) is 0 Å². The first kappa shape index (κ1) is 11.3. The highest BCUT2D eigenvalue weighted by atomic mass is 15.2. The predicted molar refractivity (Wildman–Crippen MR) is 75.0 cm³/mol. The zero-order valence-corrected chi connectivity index (χ0v) is 10.2. The van der Waals surface area contributed by atoms with Crippen LogP contribution in [0.15, 0.2) is 54.7 Å². The summed E-state index contributed by atoms with van der Waals surface area (Å²) in [5, 5.41) is 7.04. The summed E-state index contributed by atoms with van der Waals surface area (Å²) in [7, 11) is 0. The summed E-state index contributed by atoms with van der Waals surface area (Å²) < 4.78 is 0. The second-order valence-electron chi connectivity index (χ2n) is 4.00. The van der Waals surface area contributed by atoms with E-state index in [0.717, 1.165) is 11.3 Å². The maximum Gasteiger partial charge on any atom is 0.200 e. The van der Waals surface area contributed by atoms with Crippen molar-refractivity contribution in [2.75, 3.05) is 0 Å². The van der Waals surface area contributed by atoms with Gasteiger partial charge in [0.1, 0.15) is 11.5 Å². The summed E-state index contributed by atoms with van der Waals surface area (Å²) in [5.41, 5.74) is 1.89. The molecule has 0 aliphatic rings. The molecular formula is C15H12N4. The third-order valence-electron chi connectivity index (χ3n) is 2.63. The molecule has 2 heterocycles. The molecule has 0 fully saturated rings. The van der Waals surface area contributed by atoms with Gasteiger partial charge in [-0.2, -0.15) is 5.10 Å². The molecule has 0 aliphatic carbocycles. The van der Waals surface area contributed by atoms with Crippen molar-refractivity contribution in [3.05, 3.63) is 66.1 Å². The Hall–Kier alpha value is -2.75. The van der Waals surface area contributed by atoms with Crippen molar-refractivity contribution >= 4 is 12.2 Å². The van der Waals surface area contributed by atoms with Crippen LogP contribution in [0.5, 0.6) is 0 Å². The normalized spacial score (nSPS) is 10.9. The van der Waals surface area contributed by atoms with Gasteiger partial charge in [-0.05, 0) is 23.8 Å². The lowest BCUT2D eigenvalue weighted by Gasteiger charge is -1.90. The summed E-state index contributed by atoms with van der Waals surface area (Å²) in [4.78, 5) is 8.59. The number of rotatable bonds is 3. The highest BCUT2D eigenvalue weighted by Crippen LogP contribution is 2.11. The van der Waals surface area contributed by atoms with Gasteiger partial charge in [-0.15, -0.1) is 0 Å². The summed E-state index contributed by atoms with van der Waals surface area (Å²) in [6.07, 6.45) is 5.61. The number of nitrogens with one attached hydrogen (secondary N) is 1. The minimum atomic E-state index is 0.605. The molecule has 0 radical (unpaired) electrons. The Kier molecular flexibility index (Phi) is 3.14. The molecule has 0 amide bonds. The zero-order valence-electron chi connectivity index (χ0n) is 10.2. The lowest BCUT2D eigenvalue weighted by Crippen LogP contribution is -1.83. The molecule has 0 saturated heterocycles. The SMILES string of the molecule is C(=Cc1nc(-c2ccccn2)n[nH]1)c1ccccc1. The van der Waals surface area contributed by atoms with Crippen LogP contribution in [0.2, 0.25) is 0 Å². The quantitative estimate of drug-likeness (QED) is 0.775. The molecule has 4 nitrogen and oxygen atoms in total. The van der Waals surface area contributed by atoms with Gasteiger partial charge in [0.15, 0.2) is 5.82 Å². The van der Waals surface area contributed by atoms with E-state index >= 15 is 0 Å². The van der Waals surface area contributed by atoms with Crippen molar-refractivity contribution in [1.82, 2.24) is 20.2 Å². The Morgan fingerprint density at radius 3 is 2.53 bits per heavy atom. The molecule has 0 spiro atoms. The molecule has 3 aromatic rings. The molecule has 92 valence electrons. The minimum Gasteiger partial charge on any atom is -0.259 e. The maximum atomic E-state index is 4.38. The second-order valence-corrected chi connectivity index (χ2v) is 4.00. The van der Waals surface area contributed by atoms with Crippen LogP contribution in [-0.2, 0) is 0 Å². The number of aromatic nitrogens is 4. The van der Waals surface area contributed by atoms with Crippen molar-refractivity contribution in [1.29, 1.82) is 0 Å². The molecule has 19 heavy (non-hydrogen) atoms. The van der Waals surface area contributed by atoms with Crippen LogP contribution in [0.25, 0.3) is 23.7 Å². The average molecular weight is 248 g/mol. The van der Waals surface area contributed by atoms with Crippen molar-refractivity contribution in [3.8, 4) is 11.5 Å². The number of pyridine rings is 1. The smallest absolute Gasteiger partial charge is 0.200 e. The van der Waals surface area contributed by atoms with E-state index in [1.54, 1.807) is 6.20 Å². The van der Waals surface area contributed by atoms with Crippen molar-refractivity contribution in [2.24, 2.45) is 0 Å². The lowest BCUT2D eigenvalue weighted by molar-refractivity contribution is 1.08. The van der Waals surface area contributed by atoms with Gasteiger partial charge < -0.3 is 0 Å². The highest BCUT2D eigenvalue weighted by molar-refractivity contribution is 5.67. The molecular weight excluding hydrogens is 236 g/mol. The minimum absolute atomic E-state index is 0.605. The molecule has 0 saturated carbocycles. The van der Waals surface area contributed by atoms with Gasteiger partial charge in [-0.3, -0.25) is 10.1 Å². The number of nitrogens with zero attached hydrogens (tertiary/aromatic N) is 3. The lowest BCUT2D eigenvalue weighted by atomic mass is 10.2. The van der Waals surface area contributed by atoms with E-state index in [1.807, 2.05) is 60.7 Å². The third kappa shape index (κ3) is 2.74. The largest absolute Gasteiger partial charge is 0.259 e. The van der Waals surface area contributed by atoms with Crippen molar-refractivity contribution in [3.63, 3.8) is 0 Å². The fourth-order valence-corrected chi connectivity index (χ4v) is 1.70. The monoisotopic (exact) mass is 248 g/mol. The number of H-pyrrole nitrogens is 1. The molecule has 2 aromatic heterocycles. The van der Waals surface area contributed by atoms with Gasteiger partial charge in [-0.1, -0.05) is 42.5 Å². The van der Waals surface area contributed by atoms with Crippen LogP contribution >= 0.6 is 0 Å². The average Bonchev–Trinajstić information content (AvgIpc) is 2.96. The Balaban J connectivity index is 1.81. The van der Waals surface area contributed by atoms with E-state index in [9.17, 15) is 0 Å².